The summed E-state index contributed by atoms with van der Waals surface area (Å²) < 4.78 is 29.1. The molecule has 1 aromatic carbocycles. The number of alkyl halides is 2. The summed E-state index contributed by atoms with van der Waals surface area (Å²) in [6, 6.07) is 5.70. The van der Waals surface area contributed by atoms with Crippen LogP contribution in [0.3, 0.4) is 0 Å². The molecule has 7 nitrogen and oxygen atoms in total. The number of aromatic nitrogens is 2. The first-order valence-corrected chi connectivity index (χ1v) is 5.51. The fraction of sp³-hybridized carbons (Fsp3) is 0.273. The number of aliphatic hydroxyl groups excluding tert-OH is 1. The molecule has 0 amide bonds. The third kappa shape index (κ3) is 2.94. The molecule has 2 aromatic rings. The van der Waals surface area contributed by atoms with E-state index in [9.17, 15) is 18.9 Å². The van der Waals surface area contributed by atoms with Crippen LogP contribution in [0.4, 0.5) is 14.5 Å². The van der Waals surface area contributed by atoms with Crippen LogP contribution in [0.15, 0.2) is 28.8 Å². The number of nitro benzene ring substituents is 1. The van der Waals surface area contributed by atoms with Gasteiger partial charge in [-0.05, 0) is 6.07 Å². The first-order valence-electron chi connectivity index (χ1n) is 5.51. The van der Waals surface area contributed by atoms with Gasteiger partial charge in [0, 0.05) is 6.07 Å². The lowest BCUT2D eigenvalue weighted by molar-refractivity contribution is -0.384. The molecule has 1 atom stereocenters. The monoisotopic (exact) mass is 285 g/mol. The van der Waals surface area contributed by atoms with E-state index in [-0.39, 0.29) is 23.0 Å². The molecule has 20 heavy (non-hydrogen) atoms. The summed E-state index contributed by atoms with van der Waals surface area (Å²) in [5.74, 6) is -0.306. The van der Waals surface area contributed by atoms with Crippen LogP contribution in [0.25, 0.3) is 11.4 Å². The molecule has 1 N–H and O–H groups in total. The van der Waals surface area contributed by atoms with Gasteiger partial charge in [-0.15, -0.1) is 0 Å². The predicted molar refractivity (Wildman–Crippen MR) is 62.1 cm³/mol. The van der Waals surface area contributed by atoms with Gasteiger partial charge in [0.05, 0.1) is 11.3 Å². The number of hydrogen-bond donors (Lipinski definition) is 1. The Morgan fingerprint density at radius 1 is 1.40 bits per heavy atom. The molecule has 106 valence electrons. The van der Waals surface area contributed by atoms with Crippen molar-refractivity contribution in [2.24, 2.45) is 0 Å². The van der Waals surface area contributed by atoms with Crippen LogP contribution in [0.1, 0.15) is 5.89 Å². The molecule has 9 heteroatoms. The third-order valence-corrected chi connectivity index (χ3v) is 2.48. The van der Waals surface area contributed by atoms with E-state index in [2.05, 4.69) is 10.1 Å². The van der Waals surface area contributed by atoms with E-state index in [0.29, 0.717) is 0 Å². The van der Waals surface area contributed by atoms with Crippen LogP contribution in [-0.2, 0) is 6.42 Å². The number of rotatable bonds is 5. The van der Waals surface area contributed by atoms with E-state index in [1.54, 1.807) is 6.07 Å². The zero-order valence-electron chi connectivity index (χ0n) is 9.94. The Balaban J connectivity index is 2.27. The lowest BCUT2D eigenvalue weighted by atomic mass is 10.1. The highest BCUT2D eigenvalue weighted by molar-refractivity contribution is 5.67. The molecule has 0 radical (unpaired) electrons. The van der Waals surface area contributed by atoms with E-state index < -0.39 is 23.9 Å². The smallest absolute Gasteiger partial charge is 0.280 e. The summed E-state index contributed by atoms with van der Waals surface area (Å²) in [5.41, 5.74) is -0.117. The van der Waals surface area contributed by atoms with Crippen molar-refractivity contribution in [3.05, 3.63) is 40.3 Å². The van der Waals surface area contributed by atoms with E-state index >= 15 is 0 Å². The minimum atomic E-state index is -2.93. The quantitative estimate of drug-likeness (QED) is 0.664. The second-order valence-electron chi connectivity index (χ2n) is 3.89. The number of aliphatic hydroxyl groups is 1. The van der Waals surface area contributed by atoms with Gasteiger partial charge in [-0.2, -0.15) is 4.98 Å². The molecule has 0 spiro atoms. The van der Waals surface area contributed by atoms with E-state index in [0.717, 1.165) is 0 Å². The maximum Gasteiger partial charge on any atom is 0.280 e. The number of nitro groups is 1. The van der Waals surface area contributed by atoms with Gasteiger partial charge in [-0.1, -0.05) is 17.3 Å². The maximum absolute atomic E-state index is 12.2. The number of para-hydroxylation sites is 1. The van der Waals surface area contributed by atoms with Crippen molar-refractivity contribution in [3.8, 4) is 11.4 Å². The Hall–Kier alpha value is -2.42. The van der Waals surface area contributed by atoms with Crippen molar-refractivity contribution >= 4 is 5.69 Å². The molecule has 1 unspecified atom stereocenters. The number of nitrogens with zero attached hydrogens (tertiary/aromatic N) is 3. The summed E-state index contributed by atoms with van der Waals surface area (Å²) in [5, 5.41) is 23.4. The average molecular weight is 285 g/mol. The summed E-state index contributed by atoms with van der Waals surface area (Å²) in [4.78, 5) is 14.0. The molecule has 2 rings (SSSR count). The van der Waals surface area contributed by atoms with Gasteiger partial charge in [0.1, 0.15) is 11.7 Å². The summed E-state index contributed by atoms with van der Waals surface area (Å²) in [7, 11) is 0. The highest BCUT2D eigenvalue weighted by atomic mass is 19.3. The van der Waals surface area contributed by atoms with Gasteiger partial charge in [-0.3, -0.25) is 10.1 Å². The van der Waals surface area contributed by atoms with Crippen LogP contribution < -0.4 is 0 Å². The summed E-state index contributed by atoms with van der Waals surface area (Å²) >= 11 is 0. The Morgan fingerprint density at radius 3 is 2.75 bits per heavy atom. The van der Waals surface area contributed by atoms with Gasteiger partial charge in [0.2, 0.25) is 11.7 Å². The predicted octanol–water partition coefficient (Wildman–Crippen LogP) is 1.81. The van der Waals surface area contributed by atoms with Crippen molar-refractivity contribution in [1.29, 1.82) is 0 Å². The van der Waals surface area contributed by atoms with Crippen molar-refractivity contribution in [1.82, 2.24) is 10.1 Å². The molecule has 0 saturated carbocycles. The van der Waals surface area contributed by atoms with Crippen molar-refractivity contribution in [2.75, 3.05) is 0 Å². The second kappa shape index (κ2) is 5.70. The minimum absolute atomic E-state index is 0.0891. The van der Waals surface area contributed by atoms with Gasteiger partial charge in [0.25, 0.3) is 12.1 Å². The number of halogens is 2. The largest absolute Gasteiger partial charge is 0.387 e. The first-order chi connectivity index (χ1) is 9.49. The zero-order valence-corrected chi connectivity index (χ0v) is 9.94. The Labute approximate surface area is 111 Å². The normalized spacial score (nSPS) is 12.6. The van der Waals surface area contributed by atoms with Crippen molar-refractivity contribution < 1.29 is 23.3 Å². The summed E-state index contributed by atoms with van der Waals surface area (Å²) in [6.45, 7) is 0. The van der Waals surface area contributed by atoms with Gasteiger partial charge >= 0.3 is 0 Å². The highest BCUT2D eigenvalue weighted by Crippen LogP contribution is 2.27. The SMILES string of the molecule is O=[N+]([O-])c1ccccc1-c1noc(CC(O)C(F)F)n1. The highest BCUT2D eigenvalue weighted by Gasteiger charge is 2.23. The Bertz CT molecular complexity index is 617. The Morgan fingerprint density at radius 2 is 2.10 bits per heavy atom. The molecule has 0 aliphatic carbocycles. The number of hydrogen-bond acceptors (Lipinski definition) is 6. The Kier molecular flexibility index (Phi) is 3.99. The summed E-state index contributed by atoms with van der Waals surface area (Å²) in [6.07, 6.45) is -5.38. The van der Waals surface area contributed by atoms with Gasteiger partial charge < -0.3 is 9.63 Å². The van der Waals surface area contributed by atoms with Crippen LogP contribution in [0, 0.1) is 10.1 Å². The standard InChI is InChI=1S/C11H9F2N3O4/c12-10(13)8(17)5-9-14-11(15-20-9)6-3-1-2-4-7(6)16(18)19/h1-4,8,10,17H,5H2. The van der Waals surface area contributed by atoms with E-state index in [4.69, 9.17) is 9.63 Å². The van der Waals surface area contributed by atoms with E-state index in [1.807, 2.05) is 0 Å². The molecular formula is C11H9F2N3O4. The topological polar surface area (TPSA) is 102 Å². The zero-order chi connectivity index (χ0) is 14.7. The maximum atomic E-state index is 12.2. The minimum Gasteiger partial charge on any atom is -0.387 e. The average Bonchev–Trinajstić information content (AvgIpc) is 2.87. The molecular weight excluding hydrogens is 276 g/mol. The van der Waals surface area contributed by atoms with Gasteiger partial charge in [-0.25, -0.2) is 8.78 Å². The molecule has 0 bridgehead atoms. The van der Waals surface area contributed by atoms with Gasteiger partial charge in [0.15, 0.2) is 0 Å². The molecule has 1 heterocycles. The molecule has 0 aliphatic rings. The van der Waals surface area contributed by atoms with Crippen LogP contribution in [0.2, 0.25) is 0 Å². The molecule has 0 aliphatic heterocycles. The van der Waals surface area contributed by atoms with Crippen LogP contribution in [0.5, 0.6) is 0 Å². The lowest BCUT2D eigenvalue weighted by Crippen LogP contribution is -2.20. The second-order valence-corrected chi connectivity index (χ2v) is 3.89. The molecule has 0 saturated heterocycles. The molecule has 1 aromatic heterocycles. The lowest BCUT2D eigenvalue weighted by Gasteiger charge is -2.04. The fourth-order valence-corrected chi connectivity index (χ4v) is 1.54. The first kappa shape index (κ1) is 14.0. The molecule has 0 fully saturated rings. The fourth-order valence-electron chi connectivity index (χ4n) is 1.54. The van der Waals surface area contributed by atoms with Crippen molar-refractivity contribution in [2.45, 2.75) is 19.0 Å². The number of benzene rings is 1. The van der Waals surface area contributed by atoms with Crippen LogP contribution in [-0.4, -0.2) is 32.7 Å². The van der Waals surface area contributed by atoms with E-state index in [1.165, 1.54) is 18.2 Å². The third-order valence-electron chi connectivity index (χ3n) is 2.48. The van der Waals surface area contributed by atoms with Crippen molar-refractivity contribution in [3.63, 3.8) is 0 Å². The van der Waals surface area contributed by atoms with Crippen LogP contribution >= 0.6 is 0 Å².